The summed E-state index contributed by atoms with van der Waals surface area (Å²) in [5, 5.41) is 2.59. The number of rotatable bonds is 3. The Morgan fingerprint density at radius 3 is 2.43 bits per heavy atom. The third-order valence-corrected chi connectivity index (χ3v) is 3.28. The molecule has 2 rings (SSSR count). The van der Waals surface area contributed by atoms with Crippen molar-refractivity contribution in [2.24, 2.45) is 0 Å². The lowest BCUT2D eigenvalue weighted by Crippen LogP contribution is -2.56. The van der Waals surface area contributed by atoms with Crippen molar-refractivity contribution in [3.63, 3.8) is 0 Å². The lowest BCUT2D eigenvalue weighted by molar-refractivity contribution is -0.153. The van der Waals surface area contributed by atoms with Gasteiger partial charge in [-0.05, 0) is 31.2 Å². The van der Waals surface area contributed by atoms with Gasteiger partial charge in [0.15, 0.2) is 0 Å². The third-order valence-electron chi connectivity index (χ3n) is 3.28. The lowest BCUT2D eigenvalue weighted by Gasteiger charge is -2.31. The fraction of sp³-hybridized carbons (Fsp3) is 0.357. The number of urea groups is 1. The summed E-state index contributed by atoms with van der Waals surface area (Å²) in [6.45, 7) is 2.80. The van der Waals surface area contributed by atoms with E-state index in [0.29, 0.717) is 24.5 Å². The van der Waals surface area contributed by atoms with Crippen molar-refractivity contribution in [3.05, 3.63) is 24.3 Å². The molecule has 1 saturated heterocycles. The number of hydrogen-bond acceptors (Lipinski definition) is 4. The highest BCUT2D eigenvalue weighted by molar-refractivity contribution is 6.38. The molecule has 7 nitrogen and oxygen atoms in total. The van der Waals surface area contributed by atoms with Gasteiger partial charge in [-0.1, -0.05) is 0 Å². The number of ether oxygens (including phenoxy) is 1. The lowest BCUT2D eigenvalue weighted by atomic mass is 10.3. The number of anilines is 1. The Morgan fingerprint density at radius 2 is 1.86 bits per heavy atom. The van der Waals surface area contributed by atoms with Crippen molar-refractivity contribution in [1.29, 1.82) is 0 Å². The molecule has 1 aromatic carbocycles. The number of nitrogens with zero attached hydrogens (tertiary/aromatic N) is 2. The van der Waals surface area contributed by atoms with Gasteiger partial charge in [-0.3, -0.25) is 14.5 Å². The zero-order chi connectivity index (χ0) is 15.4. The number of hydrogen-bond donors (Lipinski definition) is 1. The van der Waals surface area contributed by atoms with Crippen LogP contribution in [0.5, 0.6) is 5.75 Å². The molecular formula is C14H17N3O4. The molecule has 0 aliphatic carbocycles. The molecule has 1 aromatic rings. The van der Waals surface area contributed by atoms with Gasteiger partial charge in [-0.2, -0.15) is 0 Å². The maximum atomic E-state index is 12.1. The monoisotopic (exact) mass is 291 g/mol. The smallest absolute Gasteiger partial charge is 0.329 e. The number of amides is 4. The van der Waals surface area contributed by atoms with E-state index in [4.69, 9.17) is 4.74 Å². The van der Waals surface area contributed by atoms with Crippen molar-refractivity contribution >= 4 is 23.5 Å². The average molecular weight is 291 g/mol. The summed E-state index contributed by atoms with van der Waals surface area (Å²) in [5.74, 6) is -0.779. The van der Waals surface area contributed by atoms with Gasteiger partial charge < -0.3 is 15.0 Å². The molecule has 0 bridgehead atoms. The molecular weight excluding hydrogens is 274 g/mol. The maximum absolute atomic E-state index is 12.1. The van der Waals surface area contributed by atoms with Crippen molar-refractivity contribution in [3.8, 4) is 5.75 Å². The fourth-order valence-electron chi connectivity index (χ4n) is 2.04. The first-order valence-corrected chi connectivity index (χ1v) is 6.62. The average Bonchev–Trinajstić information content (AvgIpc) is 2.50. The minimum atomic E-state index is -0.797. The van der Waals surface area contributed by atoms with E-state index in [-0.39, 0.29) is 6.54 Å². The van der Waals surface area contributed by atoms with Gasteiger partial charge in [0.05, 0.1) is 7.11 Å². The summed E-state index contributed by atoms with van der Waals surface area (Å²) in [6.07, 6.45) is 0. The van der Waals surface area contributed by atoms with E-state index in [9.17, 15) is 14.4 Å². The van der Waals surface area contributed by atoms with Crippen LogP contribution in [-0.2, 0) is 9.59 Å². The molecule has 21 heavy (non-hydrogen) atoms. The second-order valence-corrected chi connectivity index (χ2v) is 4.50. The Morgan fingerprint density at radius 1 is 1.19 bits per heavy atom. The first-order valence-electron chi connectivity index (χ1n) is 6.62. The number of likely N-dealkylation sites (N-methyl/N-ethyl adjacent to an activating group) is 1. The summed E-state index contributed by atoms with van der Waals surface area (Å²) >= 11 is 0. The summed E-state index contributed by atoms with van der Waals surface area (Å²) in [5.41, 5.74) is 0.527. The number of methoxy groups -OCH3 is 1. The molecule has 0 unspecified atom stereocenters. The minimum Gasteiger partial charge on any atom is -0.497 e. The van der Waals surface area contributed by atoms with Crippen LogP contribution < -0.4 is 10.1 Å². The van der Waals surface area contributed by atoms with Crippen LogP contribution in [-0.4, -0.2) is 54.4 Å². The molecule has 1 fully saturated rings. The highest BCUT2D eigenvalue weighted by Crippen LogP contribution is 2.16. The number of imide groups is 1. The Kier molecular flexibility index (Phi) is 4.42. The molecule has 0 radical (unpaired) electrons. The van der Waals surface area contributed by atoms with E-state index in [1.54, 1.807) is 38.3 Å². The topological polar surface area (TPSA) is 79.0 Å². The Hall–Kier alpha value is -2.57. The quantitative estimate of drug-likeness (QED) is 0.840. The normalized spacial score (nSPS) is 15.1. The molecule has 0 saturated carbocycles. The Bertz CT molecular complexity index is 556. The van der Waals surface area contributed by atoms with Gasteiger partial charge in [0.1, 0.15) is 5.75 Å². The van der Waals surface area contributed by atoms with E-state index in [1.165, 1.54) is 4.90 Å². The summed E-state index contributed by atoms with van der Waals surface area (Å²) < 4.78 is 5.02. The van der Waals surface area contributed by atoms with E-state index >= 15 is 0 Å². The molecule has 1 N–H and O–H groups in total. The van der Waals surface area contributed by atoms with Crippen LogP contribution in [0.25, 0.3) is 0 Å². The molecule has 1 aliphatic rings. The van der Waals surface area contributed by atoms with Crippen molar-refractivity contribution in [1.82, 2.24) is 9.80 Å². The Labute approximate surface area is 122 Å². The van der Waals surface area contributed by atoms with Gasteiger partial charge in [0.2, 0.25) is 0 Å². The summed E-state index contributed by atoms with van der Waals surface area (Å²) in [4.78, 5) is 38.0. The van der Waals surface area contributed by atoms with E-state index in [2.05, 4.69) is 5.32 Å². The fourth-order valence-corrected chi connectivity index (χ4v) is 2.04. The van der Waals surface area contributed by atoms with E-state index < -0.39 is 17.8 Å². The molecule has 4 amide bonds. The first kappa shape index (κ1) is 14.8. The molecule has 0 atom stereocenters. The van der Waals surface area contributed by atoms with Crippen molar-refractivity contribution in [2.45, 2.75) is 6.92 Å². The molecule has 7 heteroatoms. The van der Waals surface area contributed by atoms with Crippen LogP contribution in [0.1, 0.15) is 6.92 Å². The van der Waals surface area contributed by atoms with Crippen LogP contribution in [0.15, 0.2) is 24.3 Å². The number of piperazine rings is 1. The van der Waals surface area contributed by atoms with Crippen LogP contribution >= 0.6 is 0 Å². The zero-order valence-electron chi connectivity index (χ0n) is 12.0. The highest BCUT2D eigenvalue weighted by Gasteiger charge is 2.35. The third kappa shape index (κ3) is 3.13. The van der Waals surface area contributed by atoms with Crippen LogP contribution in [0.2, 0.25) is 0 Å². The zero-order valence-corrected chi connectivity index (χ0v) is 12.0. The van der Waals surface area contributed by atoms with E-state index in [0.717, 1.165) is 4.90 Å². The van der Waals surface area contributed by atoms with Crippen LogP contribution in [0, 0.1) is 0 Å². The predicted molar refractivity (Wildman–Crippen MR) is 76.0 cm³/mol. The largest absolute Gasteiger partial charge is 0.497 e. The second kappa shape index (κ2) is 6.25. The van der Waals surface area contributed by atoms with Crippen LogP contribution in [0.3, 0.4) is 0 Å². The standard InChI is InChI=1S/C14H17N3O4/c1-3-16-8-9-17(13(19)12(16)18)14(20)15-10-4-6-11(21-2)7-5-10/h4-7H,3,8-9H2,1-2H3,(H,15,20). The summed E-state index contributed by atoms with van der Waals surface area (Å²) in [7, 11) is 1.55. The summed E-state index contributed by atoms with van der Waals surface area (Å²) in [6, 6.07) is 6.10. The number of benzene rings is 1. The number of carbonyl (C=O) groups excluding carboxylic acids is 3. The first-order chi connectivity index (χ1) is 10.1. The van der Waals surface area contributed by atoms with Gasteiger partial charge >= 0.3 is 17.8 Å². The number of nitrogens with one attached hydrogen (secondary N) is 1. The highest BCUT2D eigenvalue weighted by atomic mass is 16.5. The second-order valence-electron chi connectivity index (χ2n) is 4.50. The van der Waals surface area contributed by atoms with Crippen LogP contribution in [0.4, 0.5) is 10.5 Å². The molecule has 1 heterocycles. The molecule has 0 aromatic heterocycles. The van der Waals surface area contributed by atoms with Crippen molar-refractivity contribution in [2.75, 3.05) is 32.1 Å². The SMILES string of the molecule is CCN1CCN(C(=O)Nc2ccc(OC)cc2)C(=O)C1=O. The van der Waals surface area contributed by atoms with E-state index in [1.807, 2.05) is 0 Å². The van der Waals surface area contributed by atoms with Gasteiger partial charge in [0, 0.05) is 25.3 Å². The molecule has 1 aliphatic heterocycles. The molecule has 0 spiro atoms. The minimum absolute atomic E-state index is 0.195. The predicted octanol–water partition coefficient (Wildman–Crippen LogP) is 0.918. The maximum Gasteiger partial charge on any atom is 0.329 e. The number of carbonyl (C=O) groups is 3. The molecule has 112 valence electrons. The van der Waals surface area contributed by atoms with Crippen molar-refractivity contribution < 1.29 is 19.1 Å². The Balaban J connectivity index is 2.03. The van der Waals surface area contributed by atoms with Gasteiger partial charge in [0.25, 0.3) is 0 Å². The van der Waals surface area contributed by atoms with Gasteiger partial charge in [-0.15, -0.1) is 0 Å². The van der Waals surface area contributed by atoms with Gasteiger partial charge in [-0.25, -0.2) is 4.79 Å².